The molecule has 0 aliphatic carbocycles. The molecule has 2 heterocycles. The number of amides is 1. The topological polar surface area (TPSA) is 66.9 Å². The third-order valence-corrected chi connectivity index (χ3v) is 8.28. The lowest BCUT2D eigenvalue weighted by molar-refractivity contribution is 0.0790. The zero-order valence-corrected chi connectivity index (χ0v) is 18.8. The number of ether oxygens (including phenoxy) is 1. The molecule has 166 valence electrons. The molecule has 31 heavy (non-hydrogen) atoms. The first-order valence-electron chi connectivity index (χ1n) is 11.0. The van der Waals surface area contributed by atoms with Gasteiger partial charge in [0.15, 0.2) is 0 Å². The van der Waals surface area contributed by atoms with E-state index in [2.05, 4.69) is 12.1 Å². The number of likely N-dealkylation sites (tertiary alicyclic amines) is 1. The van der Waals surface area contributed by atoms with E-state index >= 15 is 0 Å². The number of benzene rings is 2. The fourth-order valence-corrected chi connectivity index (χ4v) is 5.99. The highest BCUT2D eigenvalue weighted by atomic mass is 32.2. The van der Waals surface area contributed by atoms with Gasteiger partial charge in [-0.15, -0.1) is 0 Å². The third-order valence-electron chi connectivity index (χ3n) is 6.37. The Hall–Kier alpha value is -2.38. The van der Waals surface area contributed by atoms with Crippen molar-refractivity contribution in [3.63, 3.8) is 0 Å². The first-order valence-corrected chi connectivity index (χ1v) is 12.5. The summed E-state index contributed by atoms with van der Waals surface area (Å²) in [6.07, 6.45) is 4.87. The number of hydrogen-bond acceptors (Lipinski definition) is 4. The van der Waals surface area contributed by atoms with Gasteiger partial charge < -0.3 is 9.64 Å². The van der Waals surface area contributed by atoms with Crippen LogP contribution in [0.2, 0.25) is 0 Å². The molecular weight excluding hydrogens is 412 g/mol. The van der Waals surface area contributed by atoms with E-state index in [4.69, 9.17) is 4.74 Å². The fourth-order valence-electron chi connectivity index (χ4n) is 4.48. The van der Waals surface area contributed by atoms with Gasteiger partial charge in [-0.2, -0.15) is 4.31 Å². The minimum atomic E-state index is -3.50. The Kier molecular flexibility index (Phi) is 6.62. The Morgan fingerprint density at radius 2 is 1.55 bits per heavy atom. The van der Waals surface area contributed by atoms with Gasteiger partial charge in [-0.1, -0.05) is 25.0 Å². The molecule has 0 N–H and O–H groups in total. The van der Waals surface area contributed by atoms with Gasteiger partial charge >= 0.3 is 0 Å². The van der Waals surface area contributed by atoms with Gasteiger partial charge in [-0.25, -0.2) is 8.42 Å². The summed E-state index contributed by atoms with van der Waals surface area (Å²) in [5.41, 5.74) is 1.74. The lowest BCUT2D eigenvalue weighted by atomic mass is 9.98. The Morgan fingerprint density at radius 1 is 0.903 bits per heavy atom. The maximum atomic E-state index is 13.0. The number of methoxy groups -OCH3 is 1. The van der Waals surface area contributed by atoms with Crippen molar-refractivity contribution in [3.8, 4) is 5.75 Å². The van der Waals surface area contributed by atoms with Crippen molar-refractivity contribution in [2.75, 3.05) is 33.3 Å². The predicted octanol–water partition coefficient (Wildman–Crippen LogP) is 3.89. The zero-order valence-electron chi connectivity index (χ0n) is 18.0. The average molecular weight is 443 g/mol. The van der Waals surface area contributed by atoms with Gasteiger partial charge in [0.1, 0.15) is 5.75 Å². The molecule has 0 bridgehead atoms. The second-order valence-corrected chi connectivity index (χ2v) is 10.3. The Bertz CT molecular complexity index is 995. The summed E-state index contributed by atoms with van der Waals surface area (Å²) in [5, 5.41) is 0. The Morgan fingerprint density at radius 3 is 2.16 bits per heavy atom. The van der Waals surface area contributed by atoms with Crippen LogP contribution in [0.4, 0.5) is 0 Å². The van der Waals surface area contributed by atoms with Crippen LogP contribution >= 0.6 is 0 Å². The summed E-state index contributed by atoms with van der Waals surface area (Å²) in [6.45, 7) is 2.51. The van der Waals surface area contributed by atoms with Crippen molar-refractivity contribution >= 4 is 15.9 Å². The minimum absolute atomic E-state index is 0.0465. The van der Waals surface area contributed by atoms with Crippen LogP contribution in [0.15, 0.2) is 53.4 Å². The van der Waals surface area contributed by atoms with Crippen molar-refractivity contribution in [3.05, 3.63) is 59.7 Å². The van der Waals surface area contributed by atoms with Crippen LogP contribution in [0, 0.1) is 0 Å². The molecule has 2 saturated heterocycles. The van der Waals surface area contributed by atoms with E-state index < -0.39 is 10.0 Å². The summed E-state index contributed by atoms with van der Waals surface area (Å²) in [4.78, 5) is 15.1. The SMILES string of the molecule is COc1ccc(C2CCN(C(=O)c3ccc(S(=O)(=O)N4CCCCCC4)cc3)C2)cc1. The number of carbonyl (C=O) groups is 1. The van der Waals surface area contributed by atoms with E-state index in [1.54, 1.807) is 35.7 Å². The largest absolute Gasteiger partial charge is 0.497 e. The van der Waals surface area contributed by atoms with Crippen LogP contribution < -0.4 is 4.74 Å². The van der Waals surface area contributed by atoms with E-state index in [0.29, 0.717) is 37.7 Å². The van der Waals surface area contributed by atoms with Gasteiger partial charge in [0.05, 0.1) is 12.0 Å². The van der Waals surface area contributed by atoms with Crippen molar-refractivity contribution < 1.29 is 17.9 Å². The maximum Gasteiger partial charge on any atom is 0.253 e. The molecule has 1 atom stereocenters. The van der Waals surface area contributed by atoms with Crippen molar-refractivity contribution in [2.45, 2.75) is 42.9 Å². The van der Waals surface area contributed by atoms with E-state index in [1.807, 2.05) is 17.0 Å². The lowest BCUT2D eigenvalue weighted by Crippen LogP contribution is -2.32. The zero-order chi connectivity index (χ0) is 21.8. The highest BCUT2D eigenvalue weighted by Gasteiger charge is 2.29. The first kappa shape index (κ1) is 21.8. The third kappa shape index (κ3) is 4.77. The standard InChI is InChI=1S/C24H30N2O4S/c1-30-22-10-6-19(7-11-22)21-14-17-25(18-21)24(27)20-8-12-23(13-9-20)31(28,29)26-15-4-2-3-5-16-26/h6-13,21H,2-5,14-18H2,1H3. The van der Waals surface area contributed by atoms with E-state index in [0.717, 1.165) is 37.9 Å². The second kappa shape index (κ2) is 9.40. The molecule has 1 amide bonds. The Balaban J connectivity index is 1.42. The molecule has 0 aromatic heterocycles. The minimum Gasteiger partial charge on any atom is -0.497 e. The van der Waals surface area contributed by atoms with Crippen molar-refractivity contribution in [2.24, 2.45) is 0 Å². The van der Waals surface area contributed by atoms with Gasteiger partial charge in [-0.05, 0) is 61.2 Å². The number of hydrogen-bond donors (Lipinski definition) is 0. The van der Waals surface area contributed by atoms with Crippen molar-refractivity contribution in [1.29, 1.82) is 0 Å². The fraction of sp³-hybridized carbons (Fsp3) is 0.458. The summed E-state index contributed by atoms with van der Waals surface area (Å²) in [6, 6.07) is 14.4. The van der Waals surface area contributed by atoms with Gasteiger partial charge in [0.2, 0.25) is 10.0 Å². The molecule has 6 nitrogen and oxygen atoms in total. The summed E-state index contributed by atoms with van der Waals surface area (Å²) >= 11 is 0. The van der Waals surface area contributed by atoms with Crippen LogP contribution in [0.3, 0.4) is 0 Å². The first-order chi connectivity index (χ1) is 15.0. The molecule has 2 aliphatic rings. The molecule has 0 saturated carbocycles. The van der Waals surface area contributed by atoms with Crippen molar-refractivity contribution in [1.82, 2.24) is 9.21 Å². The monoisotopic (exact) mass is 442 g/mol. The average Bonchev–Trinajstić information content (AvgIpc) is 3.13. The highest BCUT2D eigenvalue weighted by Crippen LogP contribution is 2.29. The summed E-state index contributed by atoms with van der Waals surface area (Å²) in [5.74, 6) is 1.08. The number of carbonyl (C=O) groups excluding carboxylic acids is 1. The number of sulfonamides is 1. The molecule has 2 fully saturated rings. The lowest BCUT2D eigenvalue weighted by Gasteiger charge is -2.20. The molecule has 2 aliphatic heterocycles. The van der Waals surface area contributed by atoms with Gasteiger partial charge in [-0.3, -0.25) is 4.79 Å². The molecule has 0 radical (unpaired) electrons. The van der Waals surface area contributed by atoms with Gasteiger partial charge in [0.25, 0.3) is 5.91 Å². The molecular formula is C24H30N2O4S. The Labute approximate surface area is 184 Å². The normalized spacial score (nSPS) is 20.4. The summed E-state index contributed by atoms with van der Waals surface area (Å²) < 4.78 is 32.7. The molecule has 2 aromatic carbocycles. The summed E-state index contributed by atoms with van der Waals surface area (Å²) in [7, 11) is -1.85. The van der Waals surface area contributed by atoms with E-state index in [-0.39, 0.29) is 10.8 Å². The van der Waals surface area contributed by atoms with Crippen LogP contribution in [0.5, 0.6) is 5.75 Å². The predicted molar refractivity (Wildman–Crippen MR) is 120 cm³/mol. The molecule has 4 rings (SSSR count). The quantitative estimate of drug-likeness (QED) is 0.705. The number of nitrogens with zero attached hydrogens (tertiary/aromatic N) is 2. The number of rotatable bonds is 5. The highest BCUT2D eigenvalue weighted by molar-refractivity contribution is 7.89. The van der Waals surface area contributed by atoms with Crippen LogP contribution in [-0.2, 0) is 10.0 Å². The molecule has 7 heteroatoms. The van der Waals surface area contributed by atoms with Crippen LogP contribution in [0.1, 0.15) is 53.9 Å². The van der Waals surface area contributed by atoms with E-state index in [1.165, 1.54) is 5.56 Å². The molecule has 0 spiro atoms. The van der Waals surface area contributed by atoms with E-state index in [9.17, 15) is 13.2 Å². The molecule has 2 aromatic rings. The second-order valence-electron chi connectivity index (χ2n) is 8.35. The van der Waals surface area contributed by atoms with Crippen LogP contribution in [0.25, 0.3) is 0 Å². The smallest absolute Gasteiger partial charge is 0.253 e. The molecule has 1 unspecified atom stereocenters. The van der Waals surface area contributed by atoms with Crippen LogP contribution in [-0.4, -0.2) is 56.8 Å². The maximum absolute atomic E-state index is 13.0. The van der Waals surface area contributed by atoms with Gasteiger partial charge in [0, 0.05) is 37.7 Å².